The Morgan fingerprint density at radius 2 is 1.01 bits per heavy atom. The number of hydrogen-bond donors (Lipinski definition) is 3. The molecule has 0 bridgehead atoms. The Balaban J connectivity index is 0.000000133. The van der Waals surface area contributed by atoms with Crippen LogP contribution in [0.25, 0.3) is 28.4 Å². The number of aromatic nitrogens is 14. The molecule has 1 fully saturated rings. The number of rotatable bonds is 10. The monoisotopic (exact) mass is 1500 g/mol. The standard InChI is InChI=1S/C16H18N4O2.C16H16N4OS.C15H16N4O2.C15H16N4OS.C13H19N5O2S/c1-10-5-4-6-11(7-10)9-17-13-8-12-14(18-13)19(2)16(22)20(3)15(12)21;1-18-14-13(15(22)19(2)16(18)21)20(11-17-14)10-6-9-12-7-4-3-5-8-12;1-9-5-4-6-10(7-9)16-12-8-11-13(17-12)18(2)15(21)19(3)14(11)20;1-9-4-6-10(7-5-9)16-12-8-11-13(17-12)18(2)15(20)19(3)14(11)21;1-15-11-10(12(21)16(2)13(15)19)18(9-14-11)4-3-17-5-7-20-8-6-17/h4-7H,8-9H2,1-3H3,(H,17,18);3-9,11H,10H2,1-2H3;2*4-7H,8H2,1-3H3,(H,16,17);9H,3-8H2,1-2H3/b;9-6+;;;. The third-order valence-electron chi connectivity index (χ3n) is 18.8. The Morgan fingerprint density at radius 3 is 1.62 bits per heavy atom. The van der Waals surface area contributed by atoms with Crippen molar-refractivity contribution < 1.29 is 4.74 Å². The second-order valence-corrected chi connectivity index (χ2v) is 27.6. The highest BCUT2D eigenvalue weighted by Gasteiger charge is 2.27. The average Bonchev–Trinajstić information content (AvgIpc) is 1.70. The first-order chi connectivity index (χ1) is 51.1. The summed E-state index contributed by atoms with van der Waals surface area (Å²) in [6.45, 7) is 12.5. The molecule has 0 atom stereocenters. The van der Waals surface area contributed by atoms with Crippen molar-refractivity contribution in [1.29, 1.82) is 0 Å². The minimum Gasteiger partial charge on any atom is -0.379 e. The van der Waals surface area contributed by atoms with Gasteiger partial charge < -0.3 is 29.8 Å². The first-order valence-corrected chi connectivity index (χ1v) is 35.6. The molecule has 4 aromatic carbocycles. The molecule has 0 saturated carbocycles. The summed E-state index contributed by atoms with van der Waals surface area (Å²) in [4.78, 5) is 109. The van der Waals surface area contributed by atoms with E-state index in [1.807, 2.05) is 127 Å². The highest BCUT2D eigenvalue weighted by Crippen LogP contribution is 2.27. The summed E-state index contributed by atoms with van der Waals surface area (Å²) in [5.74, 6) is 3.84. The molecule has 556 valence electrons. The van der Waals surface area contributed by atoms with E-state index in [2.05, 4.69) is 64.0 Å². The number of amidine groups is 3. The minimum absolute atomic E-state index is 0.147. The summed E-state index contributed by atoms with van der Waals surface area (Å²) < 4.78 is 25.1. The first-order valence-electron chi connectivity index (χ1n) is 34.4. The molecule has 4 aliphatic rings. The van der Waals surface area contributed by atoms with Crippen molar-refractivity contribution in [1.82, 2.24) is 69.7 Å². The topological polar surface area (TPSA) is 290 Å². The van der Waals surface area contributed by atoms with Crippen molar-refractivity contribution in [3.8, 4) is 0 Å². The van der Waals surface area contributed by atoms with Gasteiger partial charge in [-0.2, -0.15) is 0 Å². The van der Waals surface area contributed by atoms with Gasteiger partial charge >= 0.3 is 28.4 Å². The summed E-state index contributed by atoms with van der Waals surface area (Å²) in [5, 5.41) is 9.59. The number of anilines is 3. The van der Waals surface area contributed by atoms with Gasteiger partial charge in [-0.15, -0.1) is 0 Å². The van der Waals surface area contributed by atoms with Gasteiger partial charge in [0.15, 0.2) is 11.3 Å². The lowest BCUT2D eigenvalue weighted by Gasteiger charge is -2.26. The van der Waals surface area contributed by atoms with Crippen LogP contribution >= 0.6 is 36.7 Å². The number of allylic oxidation sites excluding steroid dienone is 1. The Hall–Kier alpha value is -11.5. The summed E-state index contributed by atoms with van der Waals surface area (Å²) in [7, 11) is 16.5. The zero-order chi connectivity index (χ0) is 76.8. The number of imidazole rings is 2. The van der Waals surface area contributed by atoms with Crippen molar-refractivity contribution in [3.63, 3.8) is 0 Å². The summed E-state index contributed by atoms with van der Waals surface area (Å²) in [5.41, 5.74) is 11.0. The molecule has 4 aliphatic heterocycles. The van der Waals surface area contributed by atoms with Crippen LogP contribution in [0.5, 0.6) is 0 Å². The van der Waals surface area contributed by atoms with Gasteiger partial charge in [-0.1, -0.05) is 139 Å². The summed E-state index contributed by atoms with van der Waals surface area (Å²) >= 11 is 16.2. The largest absolute Gasteiger partial charge is 0.379 e. The van der Waals surface area contributed by atoms with Crippen LogP contribution in [0, 0.1) is 34.7 Å². The molecule has 0 unspecified atom stereocenters. The van der Waals surface area contributed by atoms with E-state index in [4.69, 9.17) is 41.4 Å². The summed E-state index contributed by atoms with van der Waals surface area (Å²) in [6.07, 6.45) is 9.04. The predicted octanol–water partition coefficient (Wildman–Crippen LogP) is 7.16. The lowest BCUT2D eigenvalue weighted by molar-refractivity contribution is 0.0365. The molecule has 11 heterocycles. The normalized spacial score (nSPS) is 13.8. The maximum Gasteiger partial charge on any atom is 0.332 e. The molecule has 3 N–H and O–H groups in total. The van der Waals surface area contributed by atoms with E-state index < -0.39 is 0 Å². The molecule has 15 rings (SSSR count). The number of nitrogens with zero attached hydrogens (tertiary/aromatic N) is 18. The van der Waals surface area contributed by atoms with Crippen LogP contribution in [-0.4, -0.2) is 120 Å². The molecule has 11 aromatic rings. The van der Waals surface area contributed by atoms with E-state index in [1.54, 1.807) is 69.0 Å². The number of hydrogen-bond acceptors (Lipinski definition) is 19. The maximum absolute atomic E-state index is 12.2. The highest BCUT2D eigenvalue weighted by atomic mass is 32.1. The molecule has 0 amide bonds. The van der Waals surface area contributed by atoms with E-state index in [0.717, 1.165) is 105 Å². The minimum atomic E-state index is -0.362. The molecule has 32 heteroatoms. The Kier molecular flexibility index (Phi) is 23.6. The Morgan fingerprint density at radius 1 is 0.495 bits per heavy atom. The predicted molar refractivity (Wildman–Crippen MR) is 428 cm³/mol. The fourth-order valence-corrected chi connectivity index (χ4v) is 13.4. The van der Waals surface area contributed by atoms with Crippen LogP contribution in [0.15, 0.2) is 170 Å². The van der Waals surface area contributed by atoms with Gasteiger partial charge in [0.2, 0.25) is 0 Å². The van der Waals surface area contributed by atoms with Gasteiger partial charge in [0.1, 0.15) is 59.9 Å². The maximum atomic E-state index is 12.2. The third kappa shape index (κ3) is 16.6. The fourth-order valence-electron chi connectivity index (χ4n) is 12.6. The quantitative estimate of drug-likeness (QED) is 0.114. The van der Waals surface area contributed by atoms with E-state index >= 15 is 0 Å². The van der Waals surface area contributed by atoms with Gasteiger partial charge in [0.05, 0.1) is 43.5 Å². The van der Waals surface area contributed by atoms with Crippen molar-refractivity contribution in [3.05, 3.63) is 253 Å². The molecule has 29 nitrogen and oxygen atoms in total. The molecule has 0 spiro atoms. The lowest BCUT2D eigenvalue weighted by Crippen LogP contribution is -2.38. The smallest absolute Gasteiger partial charge is 0.332 e. The number of nitrogens with one attached hydrogen (secondary N) is 3. The van der Waals surface area contributed by atoms with Gasteiger partial charge in [-0.25, -0.2) is 43.9 Å². The first kappa shape index (κ1) is 76.7. The van der Waals surface area contributed by atoms with Crippen LogP contribution in [0.2, 0.25) is 0 Å². The van der Waals surface area contributed by atoms with Crippen LogP contribution < -0.4 is 55.5 Å². The molecule has 0 radical (unpaired) electrons. The summed E-state index contributed by atoms with van der Waals surface area (Å²) in [6, 6.07) is 34.2. The van der Waals surface area contributed by atoms with Crippen molar-refractivity contribution in [2.45, 2.75) is 59.7 Å². The number of aliphatic imine (C=N–C) groups is 3. The van der Waals surface area contributed by atoms with Gasteiger partial charge in [0.25, 0.3) is 11.1 Å². The number of ether oxygens (including phenoxy) is 1. The SMILES string of the molecule is Cc1ccc(NC2=Nc3c(c(=S)n(C)c(=O)n3C)C2)cc1.Cc1cccc(CN=C2Cc3c(n(C)c(=O)n(C)c3=O)N2)c1.Cc1cccc(NC2=Nc3c(c(=O)n(C)c(=O)n3C)C2)c1.Cn1c(=S)c2c(ncn2C/C=C/c2ccccc2)n(C)c1=O.Cn1c(=S)c2c(ncn2CCN2CCOCC2)n(C)c1=O. The van der Waals surface area contributed by atoms with E-state index in [9.17, 15) is 33.6 Å². The zero-order valence-corrected chi connectivity index (χ0v) is 64.4. The lowest BCUT2D eigenvalue weighted by atomic mass is 10.1. The van der Waals surface area contributed by atoms with Gasteiger partial charge in [-0.05, 0) is 61.7 Å². The molecule has 107 heavy (non-hydrogen) atoms. The van der Waals surface area contributed by atoms with Crippen molar-refractivity contribution in [2.75, 3.05) is 48.8 Å². The van der Waals surface area contributed by atoms with Crippen LogP contribution in [0.4, 0.5) is 28.8 Å². The molecule has 0 aliphatic carbocycles. The zero-order valence-electron chi connectivity index (χ0n) is 61.9. The molecular weight excluding hydrogens is 1420 g/mol. The number of morpholine rings is 1. The van der Waals surface area contributed by atoms with E-state index in [0.29, 0.717) is 92.0 Å². The second kappa shape index (κ2) is 32.9. The average molecular weight is 1500 g/mol. The van der Waals surface area contributed by atoms with Crippen LogP contribution in [0.1, 0.15) is 44.5 Å². The Labute approximate surface area is 629 Å². The van der Waals surface area contributed by atoms with Crippen LogP contribution in [0.3, 0.4) is 0 Å². The number of benzene rings is 4. The van der Waals surface area contributed by atoms with Gasteiger partial charge in [-0.3, -0.25) is 65.2 Å². The van der Waals surface area contributed by atoms with E-state index in [-0.39, 0.29) is 39.6 Å². The van der Waals surface area contributed by atoms with Crippen LogP contribution in [-0.2, 0) is 114 Å². The third-order valence-corrected chi connectivity index (χ3v) is 20.2. The second-order valence-electron chi connectivity index (χ2n) is 26.4. The number of aryl methyl sites for hydroxylation is 5. The molecular formula is C75H85N21O8S3. The van der Waals surface area contributed by atoms with Gasteiger partial charge in [0, 0.05) is 139 Å². The number of fused-ring (bicyclic) bond motifs is 5. The molecule has 7 aromatic heterocycles. The fraction of sp³-hybridized carbons (Fsp3) is 0.320. The van der Waals surface area contributed by atoms with Crippen molar-refractivity contribution in [2.24, 2.45) is 85.5 Å². The molecule has 1 saturated heterocycles. The van der Waals surface area contributed by atoms with Crippen molar-refractivity contribution >= 4 is 111 Å². The Bertz CT molecular complexity index is 6070. The highest BCUT2D eigenvalue weighted by molar-refractivity contribution is 7.72. The van der Waals surface area contributed by atoms with E-state index in [1.165, 1.54) is 61.8 Å².